The van der Waals surface area contributed by atoms with E-state index in [2.05, 4.69) is 10.1 Å². The largest absolute Gasteiger partial charge is 0.461 e. The van der Waals surface area contributed by atoms with Gasteiger partial charge in [0.25, 0.3) is 0 Å². The minimum atomic E-state index is -0.325. The van der Waals surface area contributed by atoms with Gasteiger partial charge in [0.05, 0.1) is 12.2 Å². The van der Waals surface area contributed by atoms with E-state index in [1.807, 2.05) is 0 Å². The van der Waals surface area contributed by atoms with E-state index >= 15 is 0 Å². The Bertz CT molecular complexity index is 742. The van der Waals surface area contributed by atoms with Crippen molar-refractivity contribution in [2.24, 2.45) is 0 Å². The van der Waals surface area contributed by atoms with Crippen molar-refractivity contribution in [1.29, 1.82) is 0 Å². The molecule has 0 saturated carbocycles. The summed E-state index contributed by atoms with van der Waals surface area (Å²) in [5.74, 6) is -0.117. The van der Waals surface area contributed by atoms with Crippen molar-refractivity contribution in [2.75, 3.05) is 13.2 Å². The lowest BCUT2D eigenvalue weighted by molar-refractivity contribution is 0.160. The third-order valence-corrected chi connectivity index (χ3v) is 3.07. The first-order valence-corrected chi connectivity index (χ1v) is 6.69. The number of nitrogens with zero attached hydrogens (tertiary/aromatic N) is 2. The van der Waals surface area contributed by atoms with Crippen LogP contribution in [0.25, 0.3) is 22.4 Å². The van der Waals surface area contributed by atoms with Gasteiger partial charge < -0.3 is 14.4 Å². The van der Waals surface area contributed by atoms with Crippen LogP contribution >= 0.6 is 0 Å². The van der Waals surface area contributed by atoms with Crippen molar-refractivity contribution < 1.29 is 18.8 Å². The van der Waals surface area contributed by atoms with E-state index in [1.165, 1.54) is 12.1 Å². The highest BCUT2D eigenvalue weighted by Crippen LogP contribution is 2.38. The fourth-order valence-corrected chi connectivity index (χ4v) is 2.09. The lowest BCUT2D eigenvalue weighted by atomic mass is 10.0. The lowest BCUT2D eigenvalue weighted by Gasteiger charge is -2.05. The molecule has 0 aliphatic carbocycles. The Labute approximate surface area is 126 Å². The van der Waals surface area contributed by atoms with Gasteiger partial charge in [-0.3, -0.25) is 4.98 Å². The molecule has 0 atom stereocenters. The van der Waals surface area contributed by atoms with Gasteiger partial charge in [-0.05, 0) is 42.0 Å². The molecular formula is C16H13FN2O3. The molecule has 0 unspecified atom stereocenters. The number of aliphatic hydroxyl groups is 1. The van der Waals surface area contributed by atoms with Crippen LogP contribution in [0.5, 0.6) is 5.95 Å². The van der Waals surface area contributed by atoms with Crippen molar-refractivity contribution in [3.63, 3.8) is 0 Å². The second-order valence-electron chi connectivity index (χ2n) is 4.51. The predicted molar refractivity (Wildman–Crippen MR) is 77.7 cm³/mol. The average molecular weight is 300 g/mol. The van der Waals surface area contributed by atoms with E-state index in [-0.39, 0.29) is 25.0 Å². The first-order chi connectivity index (χ1) is 10.8. The van der Waals surface area contributed by atoms with Crippen LogP contribution in [-0.2, 0) is 0 Å². The number of rotatable bonds is 5. The van der Waals surface area contributed by atoms with Crippen molar-refractivity contribution in [3.05, 3.63) is 54.6 Å². The molecule has 3 aromatic rings. The molecule has 0 spiro atoms. The summed E-state index contributed by atoms with van der Waals surface area (Å²) in [4.78, 5) is 3.98. The van der Waals surface area contributed by atoms with E-state index in [9.17, 15) is 4.39 Å². The number of hydrogen-bond acceptors (Lipinski definition) is 5. The van der Waals surface area contributed by atoms with E-state index in [4.69, 9.17) is 14.4 Å². The summed E-state index contributed by atoms with van der Waals surface area (Å²) in [5, 5.41) is 12.9. The fourth-order valence-electron chi connectivity index (χ4n) is 2.09. The highest BCUT2D eigenvalue weighted by Gasteiger charge is 2.20. The van der Waals surface area contributed by atoms with Crippen LogP contribution in [0, 0.1) is 5.82 Å². The molecule has 1 aromatic carbocycles. The summed E-state index contributed by atoms with van der Waals surface area (Å²) in [6.07, 6.45) is 3.29. The Hall–Kier alpha value is -2.73. The average Bonchev–Trinajstić information content (AvgIpc) is 2.98. The molecule has 0 aliphatic heterocycles. The second-order valence-corrected chi connectivity index (χ2v) is 4.51. The first-order valence-electron chi connectivity index (χ1n) is 6.69. The minimum Gasteiger partial charge on any atom is -0.461 e. The SMILES string of the molecule is OCCOc1onc(-c2ccc(F)cc2)c1-c1ccncc1. The van der Waals surface area contributed by atoms with Crippen LogP contribution < -0.4 is 4.74 Å². The minimum absolute atomic E-state index is 0.0934. The summed E-state index contributed by atoms with van der Waals surface area (Å²) in [6.45, 7) is -0.0432. The predicted octanol–water partition coefficient (Wildman–Crippen LogP) is 2.91. The fraction of sp³-hybridized carbons (Fsp3) is 0.125. The second kappa shape index (κ2) is 6.36. The summed E-state index contributed by atoms with van der Waals surface area (Å²) in [6, 6.07) is 9.54. The quantitative estimate of drug-likeness (QED) is 0.784. The highest BCUT2D eigenvalue weighted by atomic mass is 19.1. The number of ether oxygens (including phenoxy) is 1. The molecule has 0 aliphatic rings. The van der Waals surface area contributed by atoms with Crippen LogP contribution in [-0.4, -0.2) is 28.5 Å². The van der Waals surface area contributed by atoms with Crippen molar-refractivity contribution in [3.8, 4) is 28.3 Å². The van der Waals surface area contributed by atoms with Crippen molar-refractivity contribution in [2.45, 2.75) is 0 Å². The maximum atomic E-state index is 13.1. The van der Waals surface area contributed by atoms with Gasteiger partial charge in [-0.2, -0.15) is 0 Å². The number of hydrogen-bond donors (Lipinski definition) is 1. The summed E-state index contributed by atoms with van der Waals surface area (Å²) < 4.78 is 23.7. The van der Waals surface area contributed by atoms with Gasteiger partial charge in [-0.1, -0.05) is 5.16 Å². The van der Waals surface area contributed by atoms with Gasteiger partial charge in [0.2, 0.25) is 0 Å². The van der Waals surface area contributed by atoms with Crippen LogP contribution in [0.2, 0.25) is 0 Å². The number of aliphatic hydroxyl groups excluding tert-OH is 1. The molecule has 0 fully saturated rings. The molecule has 0 radical (unpaired) electrons. The Morgan fingerprint density at radius 2 is 1.77 bits per heavy atom. The Morgan fingerprint density at radius 3 is 2.45 bits per heavy atom. The third kappa shape index (κ3) is 2.82. The monoisotopic (exact) mass is 300 g/mol. The third-order valence-electron chi connectivity index (χ3n) is 3.07. The van der Waals surface area contributed by atoms with Gasteiger partial charge in [-0.25, -0.2) is 4.39 Å². The molecule has 2 aromatic heterocycles. The van der Waals surface area contributed by atoms with Crippen LogP contribution in [0.1, 0.15) is 0 Å². The van der Waals surface area contributed by atoms with Crippen LogP contribution in [0.3, 0.4) is 0 Å². The zero-order chi connectivity index (χ0) is 15.4. The molecule has 3 rings (SSSR count). The maximum absolute atomic E-state index is 13.1. The summed E-state index contributed by atoms with van der Waals surface area (Å²) in [5.41, 5.74) is 2.70. The highest BCUT2D eigenvalue weighted by molar-refractivity contribution is 5.83. The van der Waals surface area contributed by atoms with E-state index in [1.54, 1.807) is 36.7 Å². The van der Waals surface area contributed by atoms with Gasteiger partial charge >= 0.3 is 5.95 Å². The molecular weight excluding hydrogens is 287 g/mol. The normalized spacial score (nSPS) is 10.6. The van der Waals surface area contributed by atoms with Gasteiger partial charge in [0.1, 0.15) is 18.1 Å². The topological polar surface area (TPSA) is 68.4 Å². The first kappa shape index (κ1) is 14.2. The molecule has 0 bridgehead atoms. The Kier molecular flexibility index (Phi) is 4.11. The van der Waals surface area contributed by atoms with Gasteiger partial charge in [-0.15, -0.1) is 0 Å². The van der Waals surface area contributed by atoms with Gasteiger partial charge in [0.15, 0.2) is 0 Å². The molecule has 2 heterocycles. The molecule has 22 heavy (non-hydrogen) atoms. The molecule has 1 N–H and O–H groups in total. The lowest BCUT2D eigenvalue weighted by Crippen LogP contribution is -2.01. The number of aromatic nitrogens is 2. The summed E-state index contributed by atoms with van der Waals surface area (Å²) in [7, 11) is 0. The maximum Gasteiger partial charge on any atom is 0.319 e. The van der Waals surface area contributed by atoms with E-state index < -0.39 is 0 Å². The standard InChI is InChI=1S/C16H13FN2O3/c17-13-3-1-12(2-4-13)15-14(11-5-7-18-8-6-11)16(22-19-15)21-10-9-20/h1-8,20H,9-10H2. The van der Waals surface area contributed by atoms with E-state index in [0.29, 0.717) is 16.8 Å². The van der Waals surface area contributed by atoms with Crippen molar-refractivity contribution in [1.82, 2.24) is 10.1 Å². The molecule has 5 nitrogen and oxygen atoms in total. The summed E-state index contributed by atoms with van der Waals surface area (Å²) >= 11 is 0. The van der Waals surface area contributed by atoms with Crippen molar-refractivity contribution >= 4 is 0 Å². The Morgan fingerprint density at radius 1 is 1.05 bits per heavy atom. The Balaban J connectivity index is 2.10. The number of pyridine rings is 1. The molecule has 6 heteroatoms. The smallest absolute Gasteiger partial charge is 0.319 e. The zero-order valence-electron chi connectivity index (χ0n) is 11.6. The number of benzene rings is 1. The van der Waals surface area contributed by atoms with Gasteiger partial charge in [0, 0.05) is 18.0 Å². The van der Waals surface area contributed by atoms with Crippen LogP contribution in [0.15, 0.2) is 53.3 Å². The molecule has 0 saturated heterocycles. The van der Waals surface area contributed by atoms with Crippen LogP contribution in [0.4, 0.5) is 4.39 Å². The number of halogens is 1. The molecule has 112 valence electrons. The zero-order valence-corrected chi connectivity index (χ0v) is 11.6. The molecule has 0 amide bonds. The van der Waals surface area contributed by atoms with E-state index in [0.717, 1.165) is 5.56 Å².